The SMILES string of the molecule is CC[C@@H]1CN(Cc2cc([C@@H](c3ccc4c(nnn4CC)c3C)C(C)(C)n3cc(C(N)=O)ccc3=O)ccc2C)S(=O)(=O)c2ccccc2O1. The summed E-state index contributed by atoms with van der Waals surface area (Å²) in [5.74, 6) is -0.724. The summed E-state index contributed by atoms with van der Waals surface area (Å²) in [6.45, 7) is 12.8. The predicted octanol–water partition coefficient (Wildman–Crippen LogP) is 5.26. The normalized spacial score (nSPS) is 16.9. The van der Waals surface area contributed by atoms with Gasteiger partial charge in [-0.25, -0.2) is 13.1 Å². The number of para-hydroxylation sites is 1. The third-order valence-electron chi connectivity index (χ3n) is 9.79. The highest BCUT2D eigenvalue weighted by atomic mass is 32.2. The molecule has 0 bridgehead atoms. The van der Waals surface area contributed by atoms with Gasteiger partial charge in [0.05, 0.1) is 23.2 Å². The second kappa shape index (κ2) is 12.9. The van der Waals surface area contributed by atoms with Crippen molar-refractivity contribution < 1.29 is 17.9 Å². The number of fused-ring (bicyclic) bond motifs is 2. The zero-order valence-corrected chi connectivity index (χ0v) is 29.5. The highest BCUT2D eigenvalue weighted by Crippen LogP contribution is 2.43. The summed E-state index contributed by atoms with van der Waals surface area (Å²) in [6, 6.07) is 19.6. The van der Waals surface area contributed by atoms with E-state index >= 15 is 0 Å². The van der Waals surface area contributed by atoms with Gasteiger partial charge in [0.2, 0.25) is 15.9 Å². The molecular weight excluding hydrogens is 641 g/mol. The molecular formula is C37H42N6O5S. The highest BCUT2D eigenvalue weighted by molar-refractivity contribution is 7.89. The van der Waals surface area contributed by atoms with E-state index in [1.165, 1.54) is 22.6 Å². The second-order valence-electron chi connectivity index (χ2n) is 13.2. The number of nitrogens with two attached hydrogens (primary N) is 1. The van der Waals surface area contributed by atoms with Crippen molar-refractivity contribution in [3.8, 4) is 5.75 Å². The van der Waals surface area contributed by atoms with Crippen molar-refractivity contribution in [2.75, 3.05) is 6.54 Å². The smallest absolute Gasteiger partial charge is 0.251 e. The van der Waals surface area contributed by atoms with Crippen LogP contribution < -0.4 is 16.0 Å². The zero-order chi connectivity index (χ0) is 35.2. The summed E-state index contributed by atoms with van der Waals surface area (Å²) in [7, 11) is -3.88. The number of primary amides is 1. The van der Waals surface area contributed by atoms with Crippen LogP contribution in [0.1, 0.15) is 78.2 Å². The van der Waals surface area contributed by atoms with Gasteiger partial charge in [-0.05, 0) is 93.1 Å². The molecule has 0 radical (unpaired) electrons. The minimum Gasteiger partial charge on any atom is -0.488 e. The molecule has 5 aromatic rings. The van der Waals surface area contributed by atoms with Gasteiger partial charge in [0.25, 0.3) is 5.56 Å². The van der Waals surface area contributed by atoms with Gasteiger partial charge in [-0.2, -0.15) is 4.31 Å². The maximum Gasteiger partial charge on any atom is 0.251 e. The summed E-state index contributed by atoms with van der Waals surface area (Å²) in [6.07, 6.45) is 1.84. The first kappa shape index (κ1) is 34.1. The average Bonchev–Trinajstić information content (AvgIpc) is 3.46. The molecule has 3 heterocycles. The van der Waals surface area contributed by atoms with E-state index in [1.54, 1.807) is 28.8 Å². The van der Waals surface area contributed by atoms with Gasteiger partial charge in [-0.1, -0.05) is 48.5 Å². The number of aromatic nitrogens is 4. The molecule has 1 amide bonds. The van der Waals surface area contributed by atoms with Crippen molar-refractivity contribution in [1.29, 1.82) is 0 Å². The van der Waals surface area contributed by atoms with Crippen LogP contribution in [0, 0.1) is 13.8 Å². The van der Waals surface area contributed by atoms with Crippen LogP contribution in [0.2, 0.25) is 0 Å². The van der Waals surface area contributed by atoms with Crippen molar-refractivity contribution in [1.82, 2.24) is 23.9 Å². The number of carbonyl (C=O) groups is 1. The monoisotopic (exact) mass is 682 g/mol. The number of aryl methyl sites for hydroxylation is 3. The van der Waals surface area contributed by atoms with Crippen LogP contribution in [0.25, 0.3) is 11.0 Å². The number of ether oxygens (including phenoxy) is 1. The molecule has 11 nitrogen and oxygen atoms in total. The van der Waals surface area contributed by atoms with Crippen molar-refractivity contribution in [2.45, 2.75) is 83.5 Å². The minimum atomic E-state index is -3.88. The Morgan fingerprint density at radius 1 is 1.06 bits per heavy atom. The first-order valence-electron chi connectivity index (χ1n) is 16.5. The van der Waals surface area contributed by atoms with Crippen molar-refractivity contribution >= 4 is 27.0 Å². The molecule has 3 aromatic carbocycles. The van der Waals surface area contributed by atoms with E-state index in [4.69, 9.17) is 10.5 Å². The van der Waals surface area contributed by atoms with Crippen LogP contribution >= 0.6 is 0 Å². The second-order valence-corrected chi connectivity index (χ2v) is 15.1. The fourth-order valence-electron chi connectivity index (χ4n) is 6.95. The van der Waals surface area contributed by atoms with Crippen molar-refractivity contribution in [3.05, 3.63) is 117 Å². The summed E-state index contributed by atoms with van der Waals surface area (Å²) < 4.78 is 39.2. The zero-order valence-electron chi connectivity index (χ0n) is 28.7. The Morgan fingerprint density at radius 2 is 1.82 bits per heavy atom. The molecule has 2 atom stereocenters. The van der Waals surface area contributed by atoms with Gasteiger partial charge in [0.1, 0.15) is 22.3 Å². The van der Waals surface area contributed by atoms with Gasteiger partial charge >= 0.3 is 0 Å². The lowest BCUT2D eigenvalue weighted by Crippen LogP contribution is -2.42. The van der Waals surface area contributed by atoms with Crippen LogP contribution in [0.4, 0.5) is 0 Å². The molecule has 2 N–H and O–H groups in total. The standard InChI is InChI=1S/C37H42N6O5S/c1-7-28-22-41(49(46,47)32-12-10-9-11-31(32)48-28)20-27-19-25(14-13-23(27)3)34(29-16-17-30-35(24(29)4)39-40-43(30)8-2)37(5,6)42-21-26(36(38)45)15-18-33(42)44/h9-19,21,28,34H,7-8,20,22H2,1-6H3,(H2,38,45)/t28-,34+/m1/s1. The Morgan fingerprint density at radius 3 is 2.53 bits per heavy atom. The van der Waals surface area contributed by atoms with Crippen LogP contribution in [0.5, 0.6) is 5.75 Å². The van der Waals surface area contributed by atoms with E-state index in [0.717, 1.165) is 38.9 Å². The molecule has 0 spiro atoms. The van der Waals surface area contributed by atoms with E-state index in [0.29, 0.717) is 18.7 Å². The number of amides is 1. The summed E-state index contributed by atoms with van der Waals surface area (Å²) in [4.78, 5) is 25.9. The number of hydrogen-bond donors (Lipinski definition) is 1. The van der Waals surface area contributed by atoms with E-state index in [-0.39, 0.29) is 35.2 Å². The number of hydrogen-bond acceptors (Lipinski definition) is 7. The van der Waals surface area contributed by atoms with Crippen LogP contribution in [-0.2, 0) is 28.7 Å². The maximum absolute atomic E-state index is 14.1. The Kier molecular flexibility index (Phi) is 8.97. The molecule has 1 aliphatic rings. The number of nitrogens with zero attached hydrogens (tertiary/aromatic N) is 5. The van der Waals surface area contributed by atoms with Gasteiger partial charge in [-0.15, -0.1) is 5.10 Å². The molecule has 49 heavy (non-hydrogen) atoms. The van der Waals surface area contributed by atoms with Gasteiger partial charge in [0, 0.05) is 31.3 Å². The first-order chi connectivity index (χ1) is 23.3. The highest BCUT2D eigenvalue weighted by Gasteiger charge is 2.38. The lowest BCUT2D eigenvalue weighted by Gasteiger charge is -2.38. The average molecular weight is 683 g/mol. The molecule has 2 aromatic heterocycles. The van der Waals surface area contributed by atoms with Crippen LogP contribution in [-0.4, -0.2) is 50.8 Å². The topological polar surface area (TPSA) is 142 Å². The number of pyridine rings is 1. The number of carbonyl (C=O) groups excluding carboxylic acids is 1. The Balaban J connectivity index is 1.53. The molecule has 0 saturated heterocycles. The van der Waals surface area contributed by atoms with E-state index in [2.05, 4.69) is 10.3 Å². The molecule has 0 saturated carbocycles. The van der Waals surface area contributed by atoms with Crippen molar-refractivity contribution in [2.24, 2.45) is 5.73 Å². The molecule has 1 aliphatic heterocycles. The van der Waals surface area contributed by atoms with E-state index in [1.807, 2.05) is 76.6 Å². The third-order valence-corrected chi connectivity index (χ3v) is 11.6. The lowest BCUT2D eigenvalue weighted by atomic mass is 9.74. The van der Waals surface area contributed by atoms with Gasteiger partial charge in [-0.3, -0.25) is 9.59 Å². The fourth-order valence-corrected chi connectivity index (χ4v) is 8.53. The Labute approximate surface area is 286 Å². The number of sulfonamides is 1. The van der Waals surface area contributed by atoms with Crippen molar-refractivity contribution in [3.63, 3.8) is 0 Å². The maximum atomic E-state index is 14.1. The number of benzene rings is 3. The Bertz CT molecular complexity index is 2240. The summed E-state index contributed by atoms with van der Waals surface area (Å²) in [5.41, 5.74) is 10.7. The quantitative estimate of drug-likeness (QED) is 0.224. The Hall–Kier alpha value is -4.81. The lowest BCUT2D eigenvalue weighted by molar-refractivity contribution is 0.0999. The fraction of sp³-hybridized carbons (Fsp3) is 0.351. The molecule has 0 unspecified atom stereocenters. The molecule has 0 aliphatic carbocycles. The first-order valence-corrected chi connectivity index (χ1v) is 17.9. The molecule has 256 valence electrons. The minimum absolute atomic E-state index is 0.128. The summed E-state index contributed by atoms with van der Waals surface area (Å²) in [5, 5.41) is 8.84. The molecule has 0 fully saturated rings. The number of rotatable bonds is 9. The van der Waals surface area contributed by atoms with E-state index < -0.39 is 27.4 Å². The van der Waals surface area contributed by atoms with Crippen LogP contribution in [0.3, 0.4) is 0 Å². The van der Waals surface area contributed by atoms with Crippen LogP contribution in [0.15, 0.2) is 82.6 Å². The van der Waals surface area contributed by atoms with E-state index in [9.17, 15) is 18.0 Å². The van der Waals surface area contributed by atoms with Gasteiger partial charge in [0.15, 0.2) is 0 Å². The largest absolute Gasteiger partial charge is 0.488 e. The predicted molar refractivity (Wildman–Crippen MR) is 188 cm³/mol. The molecule has 6 rings (SSSR count). The van der Waals surface area contributed by atoms with Gasteiger partial charge < -0.3 is 15.0 Å². The summed E-state index contributed by atoms with van der Waals surface area (Å²) >= 11 is 0. The molecule has 12 heteroatoms. The third kappa shape index (κ3) is 6.04.